The van der Waals surface area contributed by atoms with E-state index in [-0.39, 0.29) is 16.7 Å². The molecule has 0 spiro atoms. The molecule has 4 aromatic rings. The van der Waals surface area contributed by atoms with Gasteiger partial charge in [-0.2, -0.15) is 0 Å². The molecule has 1 atom stereocenters. The number of nitrogens with zero attached hydrogens (tertiary/aromatic N) is 3. The number of thiophene rings is 1. The Morgan fingerprint density at radius 1 is 1.23 bits per heavy atom. The molecule has 31 heavy (non-hydrogen) atoms. The zero-order chi connectivity index (χ0) is 21.5. The lowest BCUT2D eigenvalue weighted by Crippen LogP contribution is -2.40. The molecule has 0 radical (unpaired) electrons. The lowest BCUT2D eigenvalue weighted by atomic mass is 10.1. The monoisotopic (exact) mass is 449 g/mol. The molecule has 1 aliphatic heterocycles. The SMILES string of the molecule is CCn1c(SC(C)C(=O)N2CCc3sccc3C2)nc2cc3ccccc3cc2c1=O. The average Bonchev–Trinajstić information content (AvgIpc) is 3.25. The van der Waals surface area contributed by atoms with E-state index >= 15 is 0 Å². The molecule has 1 aliphatic rings. The van der Waals surface area contributed by atoms with Crippen LogP contribution in [0, 0.1) is 0 Å². The third-order valence-electron chi connectivity index (χ3n) is 5.85. The lowest BCUT2D eigenvalue weighted by molar-refractivity contribution is -0.131. The van der Waals surface area contributed by atoms with E-state index in [0.29, 0.717) is 29.1 Å². The first kappa shape index (κ1) is 20.3. The fourth-order valence-electron chi connectivity index (χ4n) is 4.16. The minimum atomic E-state index is -0.317. The van der Waals surface area contributed by atoms with E-state index in [2.05, 4.69) is 11.4 Å². The molecule has 0 saturated heterocycles. The molecule has 0 saturated carbocycles. The molecule has 7 heteroatoms. The number of carbonyl (C=O) groups is 1. The first-order valence-electron chi connectivity index (χ1n) is 10.5. The second-order valence-corrected chi connectivity index (χ2v) is 10.1. The van der Waals surface area contributed by atoms with Crippen LogP contribution in [0.5, 0.6) is 0 Å². The highest BCUT2D eigenvalue weighted by atomic mass is 32.2. The maximum absolute atomic E-state index is 13.2. The molecule has 0 aliphatic carbocycles. The summed E-state index contributed by atoms with van der Waals surface area (Å²) in [6.07, 6.45) is 0.914. The fourth-order valence-corrected chi connectivity index (χ4v) is 6.10. The largest absolute Gasteiger partial charge is 0.337 e. The van der Waals surface area contributed by atoms with Crippen LogP contribution in [0.25, 0.3) is 21.7 Å². The Morgan fingerprint density at radius 2 is 2.00 bits per heavy atom. The van der Waals surface area contributed by atoms with Crippen molar-refractivity contribution in [2.45, 2.75) is 43.8 Å². The highest BCUT2D eigenvalue weighted by Crippen LogP contribution is 2.29. The van der Waals surface area contributed by atoms with Gasteiger partial charge in [0.2, 0.25) is 5.91 Å². The van der Waals surface area contributed by atoms with Crippen molar-refractivity contribution in [1.82, 2.24) is 14.5 Å². The zero-order valence-corrected chi connectivity index (χ0v) is 19.1. The molecule has 1 amide bonds. The fraction of sp³-hybridized carbons (Fsp3) is 0.292. The van der Waals surface area contributed by atoms with Gasteiger partial charge < -0.3 is 4.90 Å². The quantitative estimate of drug-likeness (QED) is 0.258. The summed E-state index contributed by atoms with van der Waals surface area (Å²) in [5.74, 6) is 0.0948. The summed E-state index contributed by atoms with van der Waals surface area (Å²) < 4.78 is 1.68. The van der Waals surface area contributed by atoms with Gasteiger partial charge in [0.05, 0.1) is 16.2 Å². The van der Waals surface area contributed by atoms with Gasteiger partial charge in [-0.3, -0.25) is 14.2 Å². The summed E-state index contributed by atoms with van der Waals surface area (Å²) in [7, 11) is 0. The van der Waals surface area contributed by atoms with Crippen LogP contribution < -0.4 is 5.56 Å². The van der Waals surface area contributed by atoms with E-state index in [1.165, 1.54) is 22.2 Å². The number of carbonyl (C=O) groups excluding carboxylic acids is 1. The van der Waals surface area contributed by atoms with E-state index in [0.717, 1.165) is 23.7 Å². The third kappa shape index (κ3) is 3.66. The Bertz CT molecular complexity index is 1360. The van der Waals surface area contributed by atoms with Gasteiger partial charge in [-0.15, -0.1) is 11.3 Å². The molecule has 5 rings (SSSR count). The number of hydrogen-bond donors (Lipinski definition) is 0. The van der Waals surface area contributed by atoms with E-state index in [9.17, 15) is 9.59 Å². The predicted molar refractivity (Wildman–Crippen MR) is 128 cm³/mol. The molecule has 2 aromatic carbocycles. The Kier molecular flexibility index (Phi) is 5.32. The van der Waals surface area contributed by atoms with Gasteiger partial charge in [-0.1, -0.05) is 36.0 Å². The van der Waals surface area contributed by atoms with Crippen LogP contribution in [0.2, 0.25) is 0 Å². The minimum Gasteiger partial charge on any atom is -0.337 e. The van der Waals surface area contributed by atoms with Crippen LogP contribution in [0.1, 0.15) is 24.3 Å². The predicted octanol–water partition coefficient (Wildman–Crippen LogP) is 4.70. The zero-order valence-electron chi connectivity index (χ0n) is 17.5. The number of fused-ring (bicyclic) bond motifs is 3. The van der Waals surface area contributed by atoms with Gasteiger partial charge >= 0.3 is 0 Å². The Hall–Kier alpha value is -2.64. The molecule has 158 valence electrons. The van der Waals surface area contributed by atoms with E-state index in [1.807, 2.05) is 55.1 Å². The van der Waals surface area contributed by atoms with Crippen LogP contribution >= 0.6 is 23.1 Å². The van der Waals surface area contributed by atoms with E-state index < -0.39 is 0 Å². The van der Waals surface area contributed by atoms with Crippen molar-refractivity contribution >= 4 is 50.7 Å². The van der Waals surface area contributed by atoms with Crippen molar-refractivity contribution in [1.29, 1.82) is 0 Å². The first-order valence-corrected chi connectivity index (χ1v) is 12.2. The number of aromatic nitrogens is 2. The summed E-state index contributed by atoms with van der Waals surface area (Å²) in [4.78, 5) is 34.5. The molecule has 5 nitrogen and oxygen atoms in total. The van der Waals surface area contributed by atoms with Crippen LogP contribution in [0.3, 0.4) is 0 Å². The normalized spacial score (nSPS) is 14.7. The summed E-state index contributed by atoms with van der Waals surface area (Å²) in [6.45, 7) is 5.78. The lowest BCUT2D eigenvalue weighted by Gasteiger charge is -2.29. The topological polar surface area (TPSA) is 55.2 Å². The van der Waals surface area contributed by atoms with Crippen molar-refractivity contribution in [2.75, 3.05) is 6.54 Å². The van der Waals surface area contributed by atoms with Crippen LogP contribution in [0.15, 0.2) is 57.8 Å². The Morgan fingerprint density at radius 3 is 2.77 bits per heavy atom. The van der Waals surface area contributed by atoms with Gasteiger partial charge in [0.1, 0.15) is 0 Å². The highest BCUT2D eigenvalue weighted by molar-refractivity contribution is 8.00. The van der Waals surface area contributed by atoms with Crippen molar-refractivity contribution in [3.63, 3.8) is 0 Å². The molecular formula is C24H23N3O2S2. The van der Waals surface area contributed by atoms with Crippen LogP contribution in [0.4, 0.5) is 0 Å². The number of hydrogen-bond acceptors (Lipinski definition) is 5. The van der Waals surface area contributed by atoms with E-state index in [4.69, 9.17) is 4.98 Å². The summed E-state index contributed by atoms with van der Waals surface area (Å²) >= 11 is 3.14. The molecule has 0 fully saturated rings. The number of benzene rings is 2. The van der Waals surface area contributed by atoms with Crippen molar-refractivity contribution in [3.05, 3.63) is 68.6 Å². The van der Waals surface area contributed by atoms with Gasteiger partial charge in [0, 0.05) is 24.5 Å². The molecule has 0 N–H and O–H groups in total. The van der Waals surface area contributed by atoms with E-state index in [1.54, 1.807) is 15.9 Å². The van der Waals surface area contributed by atoms with Crippen molar-refractivity contribution in [3.8, 4) is 0 Å². The Balaban J connectivity index is 1.47. The second kappa shape index (κ2) is 8.13. The van der Waals surface area contributed by atoms with Crippen molar-refractivity contribution in [2.24, 2.45) is 0 Å². The molecule has 2 aromatic heterocycles. The van der Waals surface area contributed by atoms with Gasteiger partial charge in [-0.25, -0.2) is 4.98 Å². The maximum atomic E-state index is 13.2. The van der Waals surface area contributed by atoms with Gasteiger partial charge in [0.25, 0.3) is 5.56 Å². The van der Waals surface area contributed by atoms with Crippen molar-refractivity contribution < 1.29 is 4.79 Å². The molecule has 3 heterocycles. The maximum Gasteiger partial charge on any atom is 0.262 e. The average molecular weight is 450 g/mol. The smallest absolute Gasteiger partial charge is 0.262 e. The summed E-state index contributed by atoms with van der Waals surface area (Å²) in [5.41, 5.74) is 1.88. The summed E-state index contributed by atoms with van der Waals surface area (Å²) in [6, 6.07) is 14.0. The first-order chi connectivity index (χ1) is 15.0. The van der Waals surface area contributed by atoms with Gasteiger partial charge in [0.15, 0.2) is 5.16 Å². The Labute approximate surface area is 188 Å². The highest BCUT2D eigenvalue weighted by Gasteiger charge is 2.27. The minimum absolute atomic E-state index is 0.0544. The van der Waals surface area contributed by atoms with Crippen LogP contribution in [-0.2, 0) is 24.3 Å². The number of thioether (sulfide) groups is 1. The number of amides is 1. The summed E-state index contributed by atoms with van der Waals surface area (Å²) in [5, 5.41) is 5.07. The van der Waals surface area contributed by atoms with Gasteiger partial charge in [-0.05, 0) is 60.2 Å². The molecular weight excluding hydrogens is 426 g/mol. The van der Waals surface area contributed by atoms with Crippen LogP contribution in [-0.4, -0.2) is 32.2 Å². The third-order valence-corrected chi connectivity index (χ3v) is 7.95. The number of rotatable bonds is 4. The molecule has 1 unspecified atom stereocenters. The molecule has 0 bridgehead atoms. The standard InChI is InChI=1S/C24H23N3O2S2/c1-3-27-23(29)19-12-16-6-4-5-7-17(16)13-20(19)25-24(27)31-15(2)22(28)26-10-8-21-18(14-26)9-11-30-21/h4-7,9,11-13,15H,3,8,10,14H2,1-2H3. The second-order valence-electron chi connectivity index (χ2n) is 7.80.